The Morgan fingerprint density at radius 2 is 1.65 bits per heavy atom. The van der Waals surface area contributed by atoms with Gasteiger partial charge in [-0.15, -0.1) is 0 Å². The molecule has 1 amide bonds. The molecule has 2 aromatic carbocycles. The van der Waals surface area contributed by atoms with Crippen molar-refractivity contribution in [3.05, 3.63) is 65.9 Å². The lowest BCUT2D eigenvalue weighted by molar-refractivity contribution is 0.0664. The van der Waals surface area contributed by atoms with Crippen molar-refractivity contribution in [1.29, 1.82) is 0 Å². The van der Waals surface area contributed by atoms with Crippen LogP contribution in [0.3, 0.4) is 0 Å². The quantitative estimate of drug-likeness (QED) is 0.560. The van der Waals surface area contributed by atoms with Crippen LogP contribution in [-0.2, 0) is 10.0 Å². The van der Waals surface area contributed by atoms with E-state index in [1.807, 2.05) is 66.6 Å². The number of fused-ring (bicyclic) bond motifs is 1. The third kappa shape index (κ3) is 5.19. The third-order valence-corrected chi connectivity index (χ3v) is 8.49. The molecule has 1 fully saturated rings. The lowest BCUT2D eigenvalue weighted by Crippen LogP contribution is -2.47. The Balaban J connectivity index is 1.48. The van der Waals surface area contributed by atoms with Gasteiger partial charge in [-0.2, -0.15) is 0 Å². The summed E-state index contributed by atoms with van der Waals surface area (Å²) in [6.45, 7) is 9.07. The molecule has 4 rings (SSSR count). The number of amides is 1. The summed E-state index contributed by atoms with van der Waals surface area (Å²) < 4.78 is 28.9. The summed E-state index contributed by atoms with van der Waals surface area (Å²) in [5.74, 6) is 0.154. The highest BCUT2D eigenvalue weighted by Crippen LogP contribution is 2.24. The van der Waals surface area contributed by atoms with E-state index in [0.29, 0.717) is 6.54 Å². The highest BCUT2D eigenvalue weighted by Gasteiger charge is 2.21. The van der Waals surface area contributed by atoms with Crippen molar-refractivity contribution in [3.63, 3.8) is 0 Å². The van der Waals surface area contributed by atoms with E-state index in [2.05, 4.69) is 21.2 Å². The number of sulfonamides is 1. The van der Waals surface area contributed by atoms with Gasteiger partial charge < -0.3 is 14.4 Å². The van der Waals surface area contributed by atoms with E-state index in [9.17, 15) is 13.2 Å². The maximum atomic E-state index is 12.9. The highest BCUT2D eigenvalue weighted by atomic mass is 32.2. The number of rotatable bonds is 7. The van der Waals surface area contributed by atoms with Crippen LogP contribution >= 0.6 is 0 Å². The molecule has 1 aliphatic heterocycles. The molecule has 7 nitrogen and oxygen atoms in total. The summed E-state index contributed by atoms with van der Waals surface area (Å²) in [5, 5.41) is 0.585. The van der Waals surface area contributed by atoms with E-state index in [-0.39, 0.29) is 11.8 Å². The first-order valence-electron chi connectivity index (χ1n) is 11.8. The highest BCUT2D eigenvalue weighted by molar-refractivity contribution is 7.90. The second-order valence-electron chi connectivity index (χ2n) is 9.49. The summed E-state index contributed by atoms with van der Waals surface area (Å²) in [6.07, 6.45) is 2.02. The van der Waals surface area contributed by atoms with Crippen LogP contribution < -0.4 is 4.72 Å². The zero-order valence-electron chi connectivity index (χ0n) is 20.4. The monoisotopic (exact) mass is 482 g/mol. The van der Waals surface area contributed by atoms with Gasteiger partial charge in [-0.3, -0.25) is 4.79 Å². The number of carbonyl (C=O) groups excluding carboxylic acids is 1. The van der Waals surface area contributed by atoms with Crippen molar-refractivity contribution in [1.82, 2.24) is 19.1 Å². The average Bonchev–Trinajstić information content (AvgIpc) is 3.26. The number of hydrogen-bond donors (Lipinski definition) is 1. The van der Waals surface area contributed by atoms with E-state index in [1.165, 1.54) is 0 Å². The number of nitrogens with one attached hydrogen (secondary N) is 1. The Morgan fingerprint density at radius 1 is 0.971 bits per heavy atom. The van der Waals surface area contributed by atoms with Crippen LogP contribution in [0.5, 0.6) is 0 Å². The second kappa shape index (κ2) is 9.90. The number of hydrogen-bond acceptors (Lipinski definition) is 4. The number of aromatic nitrogens is 1. The smallest absolute Gasteiger partial charge is 0.253 e. The zero-order valence-corrected chi connectivity index (χ0v) is 21.2. The Labute approximate surface area is 202 Å². The zero-order chi connectivity index (χ0) is 24.5. The largest absolute Gasteiger partial charge is 0.336 e. The molecule has 8 heteroatoms. The van der Waals surface area contributed by atoms with Gasteiger partial charge in [0, 0.05) is 55.6 Å². The second-order valence-corrected chi connectivity index (χ2v) is 11.8. The molecule has 1 atom stereocenters. The van der Waals surface area contributed by atoms with Gasteiger partial charge in [-0.1, -0.05) is 19.1 Å². The molecular weight excluding hydrogens is 448 g/mol. The Morgan fingerprint density at radius 3 is 2.29 bits per heavy atom. The first-order valence-corrected chi connectivity index (χ1v) is 13.4. The normalized spacial score (nSPS) is 16.3. The van der Waals surface area contributed by atoms with Crippen LogP contribution in [0.2, 0.25) is 0 Å². The molecule has 2 heterocycles. The summed E-state index contributed by atoms with van der Waals surface area (Å²) in [4.78, 5) is 17.1. The van der Waals surface area contributed by atoms with Crippen molar-refractivity contribution < 1.29 is 13.2 Å². The van der Waals surface area contributed by atoms with Crippen molar-refractivity contribution in [2.75, 3.05) is 39.8 Å². The molecule has 0 saturated carbocycles. The minimum Gasteiger partial charge on any atom is -0.336 e. The van der Waals surface area contributed by atoms with E-state index in [0.717, 1.165) is 53.9 Å². The van der Waals surface area contributed by atoms with Crippen LogP contribution in [0.15, 0.2) is 54.7 Å². The molecule has 1 saturated heterocycles. The first-order chi connectivity index (χ1) is 16.2. The molecule has 1 unspecified atom stereocenters. The van der Waals surface area contributed by atoms with Crippen molar-refractivity contribution in [3.8, 4) is 5.69 Å². The number of nitrogens with zero attached hydrogens (tertiary/aromatic N) is 3. The molecule has 0 bridgehead atoms. The summed E-state index contributed by atoms with van der Waals surface area (Å²) in [7, 11) is -1.19. The Kier molecular flexibility index (Phi) is 7.12. The summed E-state index contributed by atoms with van der Waals surface area (Å²) in [5.41, 5.74) is 3.86. The van der Waals surface area contributed by atoms with Crippen LogP contribution in [-0.4, -0.2) is 73.7 Å². The number of benzene rings is 2. The lowest BCUT2D eigenvalue weighted by atomic mass is 10.0. The van der Waals surface area contributed by atoms with Gasteiger partial charge in [-0.05, 0) is 68.8 Å². The number of carbonyl (C=O) groups is 1. The lowest BCUT2D eigenvalue weighted by Gasteiger charge is -2.32. The van der Waals surface area contributed by atoms with E-state index >= 15 is 0 Å². The Hall–Kier alpha value is -2.68. The maximum Gasteiger partial charge on any atom is 0.253 e. The maximum absolute atomic E-state index is 12.9. The van der Waals surface area contributed by atoms with Crippen molar-refractivity contribution >= 4 is 26.8 Å². The van der Waals surface area contributed by atoms with E-state index < -0.39 is 15.3 Å². The van der Waals surface area contributed by atoms with Gasteiger partial charge in [0.1, 0.15) is 0 Å². The van der Waals surface area contributed by atoms with E-state index in [4.69, 9.17) is 0 Å². The molecule has 0 spiro atoms. The van der Waals surface area contributed by atoms with Gasteiger partial charge in [0.25, 0.3) is 5.91 Å². The predicted molar refractivity (Wildman–Crippen MR) is 137 cm³/mol. The van der Waals surface area contributed by atoms with Gasteiger partial charge in [0.2, 0.25) is 10.0 Å². The SMILES string of the molecule is CC(CNS(=O)(=O)C(C)C)c1ccc(-n2ccc3cc(C(=O)N4CCN(C)CC4)ccc32)cc1. The minimum atomic E-state index is -3.27. The van der Waals surface area contributed by atoms with Gasteiger partial charge in [0.15, 0.2) is 0 Å². The van der Waals surface area contributed by atoms with Crippen molar-refractivity contribution in [2.24, 2.45) is 0 Å². The topological polar surface area (TPSA) is 74.6 Å². The average molecular weight is 483 g/mol. The predicted octanol–water partition coefficient (Wildman–Crippen LogP) is 3.45. The molecular formula is C26H34N4O3S. The molecule has 182 valence electrons. The molecule has 1 aliphatic rings. The minimum absolute atomic E-state index is 0.0622. The molecule has 3 aromatic rings. The van der Waals surface area contributed by atoms with Crippen LogP contribution in [0.25, 0.3) is 16.6 Å². The van der Waals surface area contributed by atoms with E-state index in [1.54, 1.807) is 13.8 Å². The van der Waals surface area contributed by atoms with Gasteiger partial charge >= 0.3 is 0 Å². The summed E-state index contributed by atoms with van der Waals surface area (Å²) >= 11 is 0. The number of likely N-dealkylation sites (N-methyl/N-ethyl adjacent to an activating group) is 1. The molecule has 1 N–H and O–H groups in total. The van der Waals surface area contributed by atoms with Crippen LogP contribution in [0.4, 0.5) is 0 Å². The third-order valence-electron chi connectivity index (χ3n) is 6.68. The molecule has 0 radical (unpaired) electrons. The van der Waals surface area contributed by atoms with Crippen LogP contribution in [0.1, 0.15) is 42.6 Å². The fourth-order valence-corrected chi connectivity index (χ4v) is 5.00. The molecule has 0 aliphatic carbocycles. The summed E-state index contributed by atoms with van der Waals surface area (Å²) in [6, 6.07) is 16.1. The standard InChI is InChI=1S/C26H34N4O3S/c1-19(2)34(32,33)27-18-20(3)21-5-8-24(9-6-21)30-12-11-22-17-23(7-10-25(22)30)26(31)29-15-13-28(4)14-16-29/h5-12,17,19-20,27H,13-16,18H2,1-4H3. The van der Waals surface area contributed by atoms with Gasteiger partial charge in [-0.25, -0.2) is 13.1 Å². The first kappa shape index (κ1) is 24.4. The molecule has 34 heavy (non-hydrogen) atoms. The van der Waals surface area contributed by atoms with Gasteiger partial charge in [0.05, 0.1) is 10.8 Å². The van der Waals surface area contributed by atoms with Crippen molar-refractivity contribution in [2.45, 2.75) is 31.9 Å². The number of piperazine rings is 1. The Bertz CT molecular complexity index is 1260. The molecule has 1 aromatic heterocycles. The van der Waals surface area contributed by atoms with Crippen LogP contribution in [0, 0.1) is 0 Å². The fourth-order valence-electron chi connectivity index (χ4n) is 4.18. The fraction of sp³-hybridized carbons (Fsp3) is 0.423.